The van der Waals surface area contributed by atoms with Gasteiger partial charge in [0.05, 0.1) is 6.42 Å². The second-order valence-corrected chi connectivity index (χ2v) is 6.27. The van der Waals surface area contributed by atoms with Gasteiger partial charge in [0.1, 0.15) is 11.5 Å². The summed E-state index contributed by atoms with van der Waals surface area (Å²) in [5.41, 5.74) is -6.07. The first-order valence-electron chi connectivity index (χ1n) is 5.82. The number of aryl methyl sites for hydroxylation is 1. The van der Waals surface area contributed by atoms with Crippen LogP contribution >= 0.6 is 0 Å². The lowest BCUT2D eigenvalue weighted by molar-refractivity contribution is -0.142. The topological polar surface area (TPSA) is 86.4 Å². The highest BCUT2D eigenvalue weighted by Gasteiger charge is 2.46. The van der Waals surface area contributed by atoms with E-state index in [0.717, 1.165) is 7.05 Å². The van der Waals surface area contributed by atoms with E-state index < -0.39 is 37.9 Å². The van der Waals surface area contributed by atoms with Gasteiger partial charge in [0.2, 0.25) is 9.84 Å². The summed E-state index contributed by atoms with van der Waals surface area (Å²) < 4.78 is 76.6. The van der Waals surface area contributed by atoms with Gasteiger partial charge in [0.15, 0.2) is 10.7 Å². The number of halogens is 4. The van der Waals surface area contributed by atoms with Gasteiger partial charge in [-0.1, -0.05) is 5.16 Å². The van der Waals surface area contributed by atoms with Gasteiger partial charge in [0.25, 0.3) is 5.50 Å². The third-order valence-electron chi connectivity index (χ3n) is 2.74. The molecule has 0 aliphatic carbocycles. The maximum absolute atomic E-state index is 14.2. The molecule has 12 heteroatoms. The number of hydrogen-bond donors (Lipinski definition) is 0. The summed E-state index contributed by atoms with van der Waals surface area (Å²) in [6, 6.07) is 0. The average molecular weight is 342 g/mol. The number of sulfone groups is 1. The van der Waals surface area contributed by atoms with E-state index >= 15 is 0 Å². The van der Waals surface area contributed by atoms with Crippen molar-refractivity contribution in [1.29, 1.82) is 0 Å². The summed E-state index contributed by atoms with van der Waals surface area (Å²) in [4.78, 5) is 5.08. The zero-order valence-corrected chi connectivity index (χ0v) is 12.1. The van der Waals surface area contributed by atoms with E-state index in [9.17, 15) is 26.0 Å². The summed E-state index contributed by atoms with van der Waals surface area (Å²) in [5.74, 6) is 0.154. The molecule has 1 aliphatic rings. The van der Waals surface area contributed by atoms with Crippen LogP contribution in [0.5, 0.6) is 0 Å². The molecule has 0 saturated heterocycles. The first-order valence-corrected chi connectivity index (χ1v) is 7.37. The van der Waals surface area contributed by atoms with Gasteiger partial charge in [-0.3, -0.25) is 0 Å². The molecule has 1 atom stereocenters. The lowest BCUT2D eigenvalue weighted by Crippen LogP contribution is -2.21. The van der Waals surface area contributed by atoms with Crippen LogP contribution in [0.1, 0.15) is 30.2 Å². The van der Waals surface area contributed by atoms with Crippen LogP contribution in [0.25, 0.3) is 0 Å². The Labute approximate surface area is 122 Å². The summed E-state index contributed by atoms with van der Waals surface area (Å²) in [6.45, 7) is 1.54. The van der Waals surface area contributed by atoms with Crippen LogP contribution in [0.2, 0.25) is 0 Å². The Kier molecular flexibility index (Phi) is 3.98. The molecule has 1 aromatic heterocycles. The SMILES string of the molecule is C/C=C1/CC(S(=O)(=O)C(F)c2nn(C)nc2C(F)(F)F)=NO1. The minimum absolute atomic E-state index is 0.154. The number of hydrogen-bond acceptors (Lipinski definition) is 6. The third kappa shape index (κ3) is 2.82. The van der Waals surface area contributed by atoms with Crippen LogP contribution < -0.4 is 0 Å². The highest BCUT2D eigenvalue weighted by atomic mass is 32.2. The summed E-state index contributed by atoms with van der Waals surface area (Å²) in [5, 5.41) is 8.63. The van der Waals surface area contributed by atoms with Crippen molar-refractivity contribution in [2.24, 2.45) is 12.2 Å². The lowest BCUT2D eigenvalue weighted by Gasteiger charge is -2.09. The Morgan fingerprint density at radius 1 is 1.36 bits per heavy atom. The molecular weight excluding hydrogens is 332 g/mol. The van der Waals surface area contributed by atoms with Crippen molar-refractivity contribution >= 4 is 14.9 Å². The molecule has 0 saturated carbocycles. The van der Waals surface area contributed by atoms with E-state index in [1.54, 1.807) is 0 Å². The molecular formula is C10H10F4N4O3S. The Balaban J connectivity index is 2.42. The maximum atomic E-state index is 14.2. The molecule has 1 unspecified atom stereocenters. The van der Waals surface area contributed by atoms with Crippen molar-refractivity contribution in [3.05, 3.63) is 23.2 Å². The van der Waals surface area contributed by atoms with Crippen molar-refractivity contribution in [3.8, 4) is 0 Å². The van der Waals surface area contributed by atoms with Crippen LogP contribution in [0.3, 0.4) is 0 Å². The molecule has 22 heavy (non-hydrogen) atoms. The fourth-order valence-corrected chi connectivity index (χ4v) is 2.85. The van der Waals surface area contributed by atoms with Crippen LogP contribution in [-0.4, -0.2) is 28.5 Å². The molecule has 0 amide bonds. The van der Waals surface area contributed by atoms with Crippen LogP contribution in [-0.2, 0) is 27.9 Å². The predicted octanol–water partition coefficient (Wildman–Crippen LogP) is 1.85. The van der Waals surface area contributed by atoms with E-state index in [2.05, 4.69) is 20.2 Å². The maximum Gasteiger partial charge on any atom is 0.437 e. The van der Waals surface area contributed by atoms with Gasteiger partial charge in [-0.2, -0.15) is 23.1 Å². The molecule has 0 N–H and O–H groups in total. The monoisotopic (exact) mass is 342 g/mol. The van der Waals surface area contributed by atoms with Crippen LogP contribution in [0, 0.1) is 0 Å². The molecule has 7 nitrogen and oxygen atoms in total. The molecule has 0 aromatic carbocycles. The molecule has 1 aromatic rings. The number of oxime groups is 1. The Bertz CT molecular complexity index is 751. The van der Waals surface area contributed by atoms with E-state index in [1.165, 1.54) is 13.0 Å². The first-order chi connectivity index (χ1) is 10.1. The largest absolute Gasteiger partial charge is 0.437 e. The fourth-order valence-electron chi connectivity index (χ4n) is 1.67. The Morgan fingerprint density at radius 2 is 2.00 bits per heavy atom. The normalized spacial score (nSPS) is 19.2. The standard InChI is InChI=1S/C10H10F4N4O3S/c1-3-5-4-6(17-21-5)22(19,20)9(11)7-8(10(12,13)14)16-18(2)15-7/h3,9H,4H2,1-2H3/b5-3-. The van der Waals surface area contributed by atoms with Gasteiger partial charge < -0.3 is 4.84 Å². The second kappa shape index (κ2) is 5.34. The zero-order chi connectivity index (χ0) is 16.7. The molecule has 0 radical (unpaired) electrons. The second-order valence-electron chi connectivity index (χ2n) is 4.29. The van der Waals surface area contributed by atoms with Gasteiger partial charge in [0, 0.05) is 7.05 Å². The molecule has 122 valence electrons. The minimum atomic E-state index is -5.04. The van der Waals surface area contributed by atoms with Crippen molar-refractivity contribution in [3.63, 3.8) is 0 Å². The molecule has 0 fully saturated rings. The van der Waals surface area contributed by atoms with Crippen LogP contribution in [0.4, 0.5) is 17.6 Å². The smallest absolute Gasteiger partial charge is 0.360 e. The quantitative estimate of drug-likeness (QED) is 0.766. The van der Waals surface area contributed by atoms with Gasteiger partial charge in [-0.05, 0) is 13.0 Å². The van der Waals surface area contributed by atoms with Gasteiger partial charge in [-0.15, -0.1) is 5.10 Å². The molecule has 2 heterocycles. The van der Waals surface area contributed by atoms with E-state index in [4.69, 9.17) is 0 Å². The number of allylic oxidation sites excluding steroid dienone is 2. The fraction of sp³-hybridized carbons (Fsp3) is 0.500. The summed E-state index contributed by atoms with van der Waals surface area (Å²) >= 11 is 0. The van der Waals surface area contributed by atoms with Gasteiger partial charge >= 0.3 is 6.18 Å². The number of nitrogens with zero attached hydrogens (tertiary/aromatic N) is 4. The number of alkyl halides is 4. The van der Waals surface area contributed by atoms with Crippen molar-refractivity contribution < 1.29 is 30.8 Å². The van der Waals surface area contributed by atoms with E-state index in [1.807, 2.05) is 0 Å². The first kappa shape index (κ1) is 16.4. The van der Waals surface area contributed by atoms with E-state index in [0.29, 0.717) is 4.80 Å². The highest BCUT2D eigenvalue weighted by molar-refractivity contribution is 8.06. The average Bonchev–Trinajstić information content (AvgIpc) is 3.03. The summed E-state index contributed by atoms with van der Waals surface area (Å²) in [6.07, 6.45) is -3.96. The molecule has 2 rings (SSSR count). The van der Waals surface area contributed by atoms with Crippen molar-refractivity contribution in [1.82, 2.24) is 15.0 Å². The molecule has 0 bridgehead atoms. The zero-order valence-electron chi connectivity index (χ0n) is 11.3. The Hall–Kier alpha value is -1.98. The van der Waals surface area contributed by atoms with Crippen molar-refractivity contribution in [2.75, 3.05) is 0 Å². The highest BCUT2D eigenvalue weighted by Crippen LogP contribution is 2.37. The number of rotatable bonds is 2. The Morgan fingerprint density at radius 3 is 2.50 bits per heavy atom. The minimum Gasteiger partial charge on any atom is -0.360 e. The molecule has 1 aliphatic heterocycles. The van der Waals surface area contributed by atoms with Crippen molar-refractivity contribution in [2.45, 2.75) is 25.0 Å². The van der Waals surface area contributed by atoms with E-state index in [-0.39, 0.29) is 12.2 Å². The summed E-state index contributed by atoms with van der Waals surface area (Å²) in [7, 11) is -3.78. The number of aromatic nitrogens is 3. The van der Waals surface area contributed by atoms with Crippen LogP contribution in [0.15, 0.2) is 17.0 Å². The molecule has 0 spiro atoms. The van der Waals surface area contributed by atoms with Gasteiger partial charge in [-0.25, -0.2) is 12.8 Å². The third-order valence-corrected chi connectivity index (χ3v) is 4.38. The lowest BCUT2D eigenvalue weighted by atomic mass is 10.3. The predicted molar refractivity (Wildman–Crippen MR) is 65.7 cm³/mol.